The van der Waals surface area contributed by atoms with E-state index in [2.05, 4.69) is 9.97 Å². The molecule has 1 atom stereocenters. The second-order valence-corrected chi connectivity index (χ2v) is 7.21. The molecular formula is C13H18N2O4S. The lowest BCUT2D eigenvalue weighted by Crippen LogP contribution is -2.14. The molecule has 0 aromatic carbocycles. The zero-order chi connectivity index (χ0) is 14.6. The van der Waals surface area contributed by atoms with Gasteiger partial charge in [-0.25, -0.2) is 18.4 Å². The van der Waals surface area contributed by atoms with Crippen molar-refractivity contribution in [3.05, 3.63) is 23.8 Å². The van der Waals surface area contributed by atoms with E-state index in [-0.39, 0.29) is 22.7 Å². The normalized spacial score (nSPS) is 16.9. The topological polar surface area (TPSA) is 86.2 Å². The Bertz CT molecular complexity index is 569. The van der Waals surface area contributed by atoms with Crippen LogP contribution in [0.4, 0.5) is 0 Å². The van der Waals surface area contributed by atoms with Gasteiger partial charge in [-0.1, -0.05) is 0 Å². The number of carbonyl (C=O) groups excluding carboxylic acids is 1. The fourth-order valence-electron chi connectivity index (χ4n) is 1.95. The number of carbonyl (C=O) groups is 1. The zero-order valence-corrected chi connectivity index (χ0v) is 12.2. The number of aromatic nitrogens is 2. The number of sulfone groups is 1. The van der Waals surface area contributed by atoms with E-state index in [1.165, 1.54) is 6.20 Å². The minimum Gasteiger partial charge on any atom is -0.385 e. The second kappa shape index (κ2) is 6.41. The Labute approximate surface area is 118 Å². The number of aldehydes is 1. The Balaban J connectivity index is 2.12. The Kier molecular flexibility index (Phi) is 4.82. The lowest BCUT2D eigenvalue weighted by Gasteiger charge is -2.10. The number of hydrogen-bond acceptors (Lipinski definition) is 6. The Morgan fingerprint density at radius 2 is 2.25 bits per heavy atom. The highest BCUT2D eigenvalue weighted by Gasteiger charge is 2.36. The average molecular weight is 298 g/mol. The van der Waals surface area contributed by atoms with Gasteiger partial charge in [0.05, 0.1) is 16.9 Å². The van der Waals surface area contributed by atoms with E-state index >= 15 is 0 Å². The predicted octanol–water partition coefficient (Wildman–Crippen LogP) is 0.873. The number of ether oxygens (including phenoxy) is 1. The number of methoxy groups -OCH3 is 1. The van der Waals surface area contributed by atoms with Crippen molar-refractivity contribution in [3.63, 3.8) is 0 Å². The van der Waals surface area contributed by atoms with Crippen LogP contribution in [-0.2, 0) is 25.1 Å². The molecule has 0 N–H and O–H groups in total. The van der Waals surface area contributed by atoms with Crippen molar-refractivity contribution in [2.24, 2.45) is 0 Å². The maximum Gasteiger partial charge on any atom is 0.160 e. The van der Waals surface area contributed by atoms with Crippen LogP contribution in [-0.4, -0.2) is 43.6 Å². The average Bonchev–Trinajstić information content (AvgIpc) is 3.24. The van der Waals surface area contributed by atoms with Crippen LogP contribution >= 0.6 is 0 Å². The third kappa shape index (κ3) is 3.83. The van der Waals surface area contributed by atoms with Gasteiger partial charge in [0.1, 0.15) is 17.9 Å². The third-order valence-corrected chi connectivity index (χ3v) is 5.41. The molecule has 0 saturated heterocycles. The van der Waals surface area contributed by atoms with Gasteiger partial charge in [0.25, 0.3) is 0 Å². The van der Waals surface area contributed by atoms with Crippen LogP contribution in [0.3, 0.4) is 0 Å². The first-order valence-corrected chi connectivity index (χ1v) is 8.26. The molecule has 1 aromatic heterocycles. The van der Waals surface area contributed by atoms with Gasteiger partial charge in [-0.2, -0.15) is 0 Å². The van der Waals surface area contributed by atoms with Crippen molar-refractivity contribution in [1.82, 2.24) is 9.97 Å². The SMILES string of the molecule is COCCC(C=O)c1ccnc(CS(=O)(=O)C2CC2)n1. The lowest BCUT2D eigenvalue weighted by atomic mass is 10.0. The van der Waals surface area contributed by atoms with Gasteiger partial charge in [0, 0.05) is 19.9 Å². The summed E-state index contributed by atoms with van der Waals surface area (Å²) in [6.07, 6.45) is 4.29. The molecule has 6 nitrogen and oxygen atoms in total. The highest BCUT2D eigenvalue weighted by Crippen LogP contribution is 2.30. The van der Waals surface area contributed by atoms with Crippen molar-refractivity contribution in [1.29, 1.82) is 0 Å². The maximum atomic E-state index is 11.9. The van der Waals surface area contributed by atoms with E-state index in [1.807, 2.05) is 0 Å². The summed E-state index contributed by atoms with van der Waals surface area (Å²) >= 11 is 0. The molecular weight excluding hydrogens is 280 g/mol. The smallest absolute Gasteiger partial charge is 0.160 e. The molecule has 1 saturated carbocycles. The minimum absolute atomic E-state index is 0.151. The molecule has 0 radical (unpaired) electrons. The Morgan fingerprint density at radius 3 is 2.85 bits per heavy atom. The standard InChI is InChI=1S/C13H18N2O4S/c1-19-7-5-10(8-16)12-4-6-14-13(15-12)9-20(17,18)11-2-3-11/h4,6,8,10-11H,2-3,5,7,9H2,1H3. The van der Waals surface area contributed by atoms with E-state index in [0.717, 1.165) is 19.1 Å². The van der Waals surface area contributed by atoms with E-state index < -0.39 is 9.84 Å². The van der Waals surface area contributed by atoms with Crippen LogP contribution in [0, 0.1) is 0 Å². The quantitative estimate of drug-likeness (QED) is 0.662. The predicted molar refractivity (Wildman–Crippen MR) is 73.0 cm³/mol. The molecule has 1 aliphatic carbocycles. The van der Waals surface area contributed by atoms with Crippen molar-refractivity contribution >= 4 is 16.1 Å². The zero-order valence-electron chi connectivity index (χ0n) is 11.4. The van der Waals surface area contributed by atoms with Crippen LogP contribution < -0.4 is 0 Å². The summed E-state index contributed by atoms with van der Waals surface area (Å²) in [5.74, 6) is -0.277. The van der Waals surface area contributed by atoms with Gasteiger partial charge in [0.2, 0.25) is 0 Å². The van der Waals surface area contributed by atoms with Gasteiger partial charge in [0.15, 0.2) is 9.84 Å². The first kappa shape index (κ1) is 15.1. The van der Waals surface area contributed by atoms with Gasteiger partial charge in [-0.3, -0.25) is 0 Å². The molecule has 0 aliphatic heterocycles. The summed E-state index contributed by atoms with van der Waals surface area (Å²) in [5.41, 5.74) is 0.549. The molecule has 1 aromatic rings. The lowest BCUT2D eigenvalue weighted by molar-refractivity contribution is -0.109. The minimum atomic E-state index is -3.14. The summed E-state index contributed by atoms with van der Waals surface area (Å²) in [4.78, 5) is 19.3. The van der Waals surface area contributed by atoms with Gasteiger partial charge in [-0.15, -0.1) is 0 Å². The molecule has 20 heavy (non-hydrogen) atoms. The molecule has 1 fully saturated rings. The van der Waals surface area contributed by atoms with Crippen LogP contribution in [0.5, 0.6) is 0 Å². The van der Waals surface area contributed by atoms with Crippen molar-refractivity contribution < 1.29 is 17.9 Å². The monoisotopic (exact) mass is 298 g/mol. The number of hydrogen-bond donors (Lipinski definition) is 0. The summed E-state index contributed by atoms with van der Waals surface area (Å²) < 4.78 is 28.8. The van der Waals surface area contributed by atoms with E-state index in [1.54, 1.807) is 13.2 Å². The molecule has 1 heterocycles. The highest BCUT2D eigenvalue weighted by atomic mass is 32.2. The number of nitrogens with zero attached hydrogens (tertiary/aromatic N) is 2. The molecule has 1 unspecified atom stereocenters. The fraction of sp³-hybridized carbons (Fsp3) is 0.615. The summed E-state index contributed by atoms with van der Waals surface area (Å²) in [7, 11) is -1.58. The van der Waals surface area contributed by atoms with E-state index in [0.29, 0.717) is 18.7 Å². The van der Waals surface area contributed by atoms with Crippen LogP contribution in [0.25, 0.3) is 0 Å². The van der Waals surface area contributed by atoms with Crippen molar-refractivity contribution in [2.45, 2.75) is 36.2 Å². The molecule has 110 valence electrons. The third-order valence-electron chi connectivity index (χ3n) is 3.27. The first-order chi connectivity index (χ1) is 9.56. The van der Waals surface area contributed by atoms with Gasteiger partial charge >= 0.3 is 0 Å². The second-order valence-electron chi connectivity index (χ2n) is 4.93. The first-order valence-electron chi connectivity index (χ1n) is 6.54. The van der Waals surface area contributed by atoms with Crippen LogP contribution in [0.15, 0.2) is 12.3 Å². The maximum absolute atomic E-state index is 11.9. The summed E-state index contributed by atoms with van der Waals surface area (Å²) in [5, 5.41) is -0.231. The molecule has 0 amide bonds. The molecule has 2 rings (SSSR count). The molecule has 1 aliphatic rings. The fourth-order valence-corrected chi connectivity index (χ4v) is 3.54. The van der Waals surface area contributed by atoms with Gasteiger partial charge in [-0.05, 0) is 25.3 Å². The largest absolute Gasteiger partial charge is 0.385 e. The molecule has 0 spiro atoms. The molecule has 0 bridgehead atoms. The van der Waals surface area contributed by atoms with Crippen molar-refractivity contribution in [3.8, 4) is 0 Å². The Hall–Kier alpha value is -1.34. The summed E-state index contributed by atoms with van der Waals surface area (Å²) in [6.45, 7) is 0.448. The van der Waals surface area contributed by atoms with Crippen molar-refractivity contribution in [2.75, 3.05) is 13.7 Å². The van der Waals surface area contributed by atoms with Crippen LogP contribution in [0.2, 0.25) is 0 Å². The summed E-state index contributed by atoms with van der Waals surface area (Å²) in [6, 6.07) is 1.64. The highest BCUT2D eigenvalue weighted by molar-refractivity contribution is 7.91. The van der Waals surface area contributed by atoms with Crippen LogP contribution in [0.1, 0.15) is 36.7 Å². The van der Waals surface area contributed by atoms with E-state index in [4.69, 9.17) is 4.74 Å². The van der Waals surface area contributed by atoms with Gasteiger partial charge < -0.3 is 9.53 Å². The Morgan fingerprint density at radius 1 is 1.50 bits per heavy atom. The molecule has 7 heteroatoms. The van der Waals surface area contributed by atoms with E-state index in [9.17, 15) is 13.2 Å². The number of rotatable bonds is 8.